The van der Waals surface area contributed by atoms with E-state index in [1.807, 2.05) is 0 Å². The number of hydrogen-bond acceptors (Lipinski definition) is 1. The first-order valence-electron chi connectivity index (χ1n) is 3.14. The highest BCUT2D eigenvalue weighted by molar-refractivity contribution is 4.70. The van der Waals surface area contributed by atoms with Crippen molar-refractivity contribution in [2.24, 2.45) is 0 Å². The molecule has 0 amide bonds. The summed E-state index contributed by atoms with van der Waals surface area (Å²) in [6.07, 6.45) is 0. The molecule has 0 saturated carbocycles. The number of piperazine rings is 1. The highest BCUT2D eigenvalue weighted by Crippen LogP contribution is 1.94. The molecule has 1 saturated heterocycles. The van der Waals surface area contributed by atoms with Crippen LogP contribution in [0.25, 0.3) is 0 Å². The van der Waals surface area contributed by atoms with E-state index in [0.29, 0.717) is 6.04 Å². The van der Waals surface area contributed by atoms with Gasteiger partial charge in [-0.1, -0.05) is 0 Å². The molecule has 1 radical (unpaired) electrons. The normalized spacial score (nSPS) is 33.0. The molecule has 8 heavy (non-hydrogen) atoms. The molecule has 1 rings (SSSR count). The van der Waals surface area contributed by atoms with Crippen molar-refractivity contribution in [1.82, 2.24) is 10.2 Å². The summed E-state index contributed by atoms with van der Waals surface area (Å²) in [6, 6.07) is 0.564. The summed E-state index contributed by atoms with van der Waals surface area (Å²) >= 11 is 0. The van der Waals surface area contributed by atoms with Crippen LogP contribution in [0.5, 0.6) is 0 Å². The molecule has 0 aromatic heterocycles. The van der Waals surface area contributed by atoms with E-state index in [4.69, 9.17) is 0 Å². The predicted octanol–water partition coefficient (Wildman–Crippen LogP) is -0.0753. The number of hydrogen-bond donors (Lipinski definition) is 0. The molecule has 1 fully saturated rings. The fourth-order valence-corrected chi connectivity index (χ4v) is 1.05. The Bertz CT molecular complexity index is 64.9. The molecule has 47 valence electrons. The molecule has 1 heterocycles. The summed E-state index contributed by atoms with van der Waals surface area (Å²) in [7, 11) is 2.14. The van der Waals surface area contributed by atoms with E-state index in [1.54, 1.807) is 0 Å². The van der Waals surface area contributed by atoms with Gasteiger partial charge in [-0.05, 0) is 14.0 Å². The number of nitrogens with zero attached hydrogens (tertiary/aromatic N) is 2. The van der Waals surface area contributed by atoms with Crippen LogP contribution < -0.4 is 5.32 Å². The average molecular weight is 113 g/mol. The van der Waals surface area contributed by atoms with Gasteiger partial charge in [0.2, 0.25) is 0 Å². The standard InChI is InChI=1S/C6H13N2/c1-6-5-8(2)4-3-7-6/h6H,3-5H2,1-2H3/t6-/m1/s1. The van der Waals surface area contributed by atoms with Crippen molar-refractivity contribution in [2.75, 3.05) is 26.7 Å². The van der Waals surface area contributed by atoms with Gasteiger partial charge in [-0.25, -0.2) is 5.32 Å². The lowest BCUT2D eigenvalue weighted by molar-refractivity contribution is 0.244. The van der Waals surface area contributed by atoms with Crippen molar-refractivity contribution < 1.29 is 0 Å². The Hall–Kier alpha value is -0.0800. The Morgan fingerprint density at radius 2 is 2.38 bits per heavy atom. The zero-order valence-corrected chi connectivity index (χ0v) is 5.59. The summed E-state index contributed by atoms with van der Waals surface area (Å²) in [5.41, 5.74) is 0. The van der Waals surface area contributed by atoms with E-state index < -0.39 is 0 Å². The van der Waals surface area contributed by atoms with Crippen LogP contribution in [0.4, 0.5) is 0 Å². The Labute approximate surface area is 50.9 Å². The fourth-order valence-electron chi connectivity index (χ4n) is 1.05. The minimum Gasteiger partial charge on any atom is -0.303 e. The van der Waals surface area contributed by atoms with Gasteiger partial charge in [0.15, 0.2) is 0 Å². The van der Waals surface area contributed by atoms with Gasteiger partial charge in [-0.15, -0.1) is 0 Å². The largest absolute Gasteiger partial charge is 0.303 e. The van der Waals surface area contributed by atoms with Crippen molar-refractivity contribution in [2.45, 2.75) is 13.0 Å². The van der Waals surface area contributed by atoms with Gasteiger partial charge >= 0.3 is 0 Å². The zero-order valence-electron chi connectivity index (χ0n) is 5.59. The topological polar surface area (TPSA) is 17.3 Å². The summed E-state index contributed by atoms with van der Waals surface area (Å²) in [5.74, 6) is 0. The Balaban J connectivity index is 2.23. The molecule has 0 aromatic rings. The van der Waals surface area contributed by atoms with Gasteiger partial charge in [0.1, 0.15) is 0 Å². The zero-order chi connectivity index (χ0) is 5.98. The molecule has 1 aliphatic rings. The molecular weight excluding hydrogens is 100 g/mol. The van der Waals surface area contributed by atoms with E-state index in [0.717, 1.165) is 19.6 Å². The molecule has 0 unspecified atom stereocenters. The smallest absolute Gasteiger partial charge is 0.0345 e. The molecule has 0 spiro atoms. The van der Waals surface area contributed by atoms with Gasteiger partial charge in [-0.2, -0.15) is 0 Å². The van der Waals surface area contributed by atoms with Crippen LogP contribution in [0.2, 0.25) is 0 Å². The summed E-state index contributed by atoms with van der Waals surface area (Å²) in [4.78, 5) is 2.32. The fraction of sp³-hybridized carbons (Fsp3) is 1.00. The van der Waals surface area contributed by atoms with Crippen molar-refractivity contribution in [3.8, 4) is 0 Å². The minimum atomic E-state index is 0.564. The van der Waals surface area contributed by atoms with Crippen molar-refractivity contribution in [3.63, 3.8) is 0 Å². The van der Waals surface area contributed by atoms with Crippen LogP contribution in [0.1, 0.15) is 6.92 Å². The lowest BCUT2D eigenvalue weighted by Gasteiger charge is -2.26. The lowest BCUT2D eigenvalue weighted by Crippen LogP contribution is -2.43. The van der Waals surface area contributed by atoms with Crippen molar-refractivity contribution in [1.29, 1.82) is 0 Å². The molecule has 0 N–H and O–H groups in total. The van der Waals surface area contributed by atoms with Crippen LogP contribution in [-0.2, 0) is 0 Å². The highest BCUT2D eigenvalue weighted by Gasteiger charge is 2.11. The predicted molar refractivity (Wildman–Crippen MR) is 34.0 cm³/mol. The summed E-state index contributed by atoms with van der Waals surface area (Å²) in [6.45, 7) is 5.47. The second-order valence-electron chi connectivity index (χ2n) is 2.52. The SMILES string of the molecule is C[C@@H]1CN(C)CC[N]1. The van der Waals surface area contributed by atoms with Gasteiger partial charge in [0.05, 0.1) is 0 Å². The maximum Gasteiger partial charge on any atom is 0.0345 e. The third-order valence-corrected chi connectivity index (χ3v) is 1.50. The second-order valence-corrected chi connectivity index (χ2v) is 2.52. The van der Waals surface area contributed by atoms with E-state index >= 15 is 0 Å². The molecule has 1 aliphatic heterocycles. The first-order chi connectivity index (χ1) is 3.79. The van der Waals surface area contributed by atoms with E-state index in [1.165, 1.54) is 0 Å². The third kappa shape index (κ3) is 1.46. The van der Waals surface area contributed by atoms with E-state index in [-0.39, 0.29) is 0 Å². The van der Waals surface area contributed by atoms with Crippen molar-refractivity contribution in [3.05, 3.63) is 0 Å². The Morgan fingerprint density at radius 3 is 2.75 bits per heavy atom. The highest BCUT2D eigenvalue weighted by atomic mass is 15.2. The van der Waals surface area contributed by atoms with Crippen molar-refractivity contribution >= 4 is 0 Å². The van der Waals surface area contributed by atoms with Gasteiger partial charge in [0.25, 0.3) is 0 Å². The average Bonchev–Trinajstić information content (AvgIpc) is 1.64. The van der Waals surface area contributed by atoms with E-state index in [9.17, 15) is 0 Å². The quantitative estimate of drug-likeness (QED) is 0.429. The Kier molecular flexibility index (Phi) is 1.86. The maximum atomic E-state index is 4.34. The number of rotatable bonds is 0. The Morgan fingerprint density at radius 1 is 1.62 bits per heavy atom. The minimum absolute atomic E-state index is 0.564. The molecule has 0 aromatic carbocycles. The molecule has 0 bridgehead atoms. The third-order valence-electron chi connectivity index (χ3n) is 1.50. The van der Waals surface area contributed by atoms with Gasteiger partial charge < -0.3 is 4.90 Å². The second kappa shape index (κ2) is 2.46. The van der Waals surface area contributed by atoms with E-state index in [2.05, 4.69) is 24.2 Å². The van der Waals surface area contributed by atoms with Gasteiger partial charge in [-0.3, -0.25) is 0 Å². The molecule has 2 heteroatoms. The van der Waals surface area contributed by atoms with Crippen LogP contribution in [0.15, 0.2) is 0 Å². The van der Waals surface area contributed by atoms with Crippen LogP contribution in [0.3, 0.4) is 0 Å². The molecular formula is C6H13N2. The van der Waals surface area contributed by atoms with Gasteiger partial charge in [0, 0.05) is 25.7 Å². The summed E-state index contributed by atoms with van der Waals surface area (Å²) in [5, 5.41) is 4.34. The maximum absolute atomic E-state index is 4.34. The lowest BCUT2D eigenvalue weighted by atomic mass is 10.2. The molecule has 1 atom stereocenters. The number of likely N-dealkylation sites (N-methyl/N-ethyl adjacent to an activating group) is 1. The van der Waals surface area contributed by atoms with Crippen LogP contribution in [0, 0.1) is 0 Å². The monoisotopic (exact) mass is 113 g/mol. The summed E-state index contributed by atoms with van der Waals surface area (Å²) < 4.78 is 0. The molecule has 2 nitrogen and oxygen atoms in total. The molecule has 0 aliphatic carbocycles. The van der Waals surface area contributed by atoms with Crippen LogP contribution in [-0.4, -0.2) is 37.6 Å². The first kappa shape index (κ1) is 6.05. The van der Waals surface area contributed by atoms with Crippen LogP contribution >= 0.6 is 0 Å². The first-order valence-corrected chi connectivity index (χ1v) is 3.14.